The number of piperazine rings is 1. The number of hydrogen-bond donors (Lipinski definition) is 4. The van der Waals surface area contributed by atoms with Crippen LogP contribution in [-0.4, -0.2) is 124 Å². The van der Waals surface area contributed by atoms with E-state index >= 15 is 0 Å². The summed E-state index contributed by atoms with van der Waals surface area (Å²) >= 11 is 0. The molecule has 0 bridgehead atoms. The number of aliphatic hydroxyl groups excluding tert-OH is 1. The van der Waals surface area contributed by atoms with Crippen LogP contribution in [0.2, 0.25) is 0 Å². The molecule has 1 aromatic heterocycles. The first kappa shape index (κ1) is 45.3. The number of imidazole rings is 1. The van der Waals surface area contributed by atoms with Crippen molar-refractivity contribution in [2.75, 3.05) is 69.7 Å². The van der Waals surface area contributed by atoms with Gasteiger partial charge in [-0.25, -0.2) is 4.98 Å². The maximum absolute atomic E-state index is 13.4. The van der Waals surface area contributed by atoms with Crippen molar-refractivity contribution in [2.24, 2.45) is 5.92 Å². The van der Waals surface area contributed by atoms with Crippen LogP contribution in [0.1, 0.15) is 94.2 Å². The number of rotatable bonds is 14. The number of ether oxygens (including phenoxy) is 1. The van der Waals surface area contributed by atoms with Crippen molar-refractivity contribution in [3.8, 4) is 0 Å². The highest BCUT2D eigenvalue weighted by atomic mass is 19.4. The smallest absolute Gasteiger partial charge is 0.396 e. The molecule has 4 aromatic rings. The van der Waals surface area contributed by atoms with Gasteiger partial charge in [0.1, 0.15) is 6.04 Å². The number of nitrogens with zero attached hydrogens (tertiary/aromatic N) is 5. The Morgan fingerprint density at radius 1 is 0.889 bits per heavy atom. The normalized spacial score (nSPS) is 21.0. The number of carbonyl (C=O) groups is 5. The van der Waals surface area contributed by atoms with Gasteiger partial charge in [-0.2, -0.15) is 13.2 Å². The van der Waals surface area contributed by atoms with Crippen LogP contribution in [0.4, 0.5) is 24.8 Å². The molecule has 3 fully saturated rings. The molecule has 8 rings (SSSR count). The van der Waals surface area contributed by atoms with Gasteiger partial charge < -0.3 is 19.7 Å². The number of carbonyl (C=O) groups excluding carboxylic acids is 5. The number of aliphatic hydroxyl groups is 1. The summed E-state index contributed by atoms with van der Waals surface area (Å²) in [4.78, 5) is 74.3. The van der Waals surface area contributed by atoms with Gasteiger partial charge in [0.25, 0.3) is 17.7 Å². The number of amides is 5. The number of aromatic nitrogens is 2. The Labute approximate surface area is 362 Å². The number of imide groups is 2. The summed E-state index contributed by atoms with van der Waals surface area (Å²) in [7, 11) is 0. The van der Waals surface area contributed by atoms with Crippen LogP contribution < -0.4 is 16.0 Å². The van der Waals surface area contributed by atoms with Crippen molar-refractivity contribution < 1.29 is 47.0 Å². The highest BCUT2D eigenvalue weighted by Gasteiger charge is 2.45. The zero-order valence-electron chi connectivity index (χ0n) is 34.1. The van der Waals surface area contributed by atoms with Gasteiger partial charge in [-0.1, -0.05) is 25.6 Å². The summed E-state index contributed by atoms with van der Waals surface area (Å²) < 4.78 is 48.2. The van der Waals surface area contributed by atoms with E-state index in [2.05, 4.69) is 31.8 Å². The summed E-state index contributed by atoms with van der Waals surface area (Å²) in [5.41, 5.74) is 2.44. The number of piperidine rings is 1. The molecule has 3 aliphatic heterocycles. The molecular weight excluding hydrogens is 822 g/mol. The second-order valence-electron chi connectivity index (χ2n) is 16.4. The van der Waals surface area contributed by atoms with Crippen molar-refractivity contribution in [2.45, 2.75) is 70.8 Å². The lowest BCUT2D eigenvalue weighted by Gasteiger charge is -2.34. The monoisotopic (exact) mass is 874 g/mol. The number of nitrogens with one attached hydrogen (secondary N) is 3. The number of anilines is 2. The van der Waals surface area contributed by atoms with E-state index in [0.29, 0.717) is 37.5 Å². The number of fused-ring (bicyclic) bond motifs is 2. The average Bonchev–Trinajstić information content (AvgIpc) is 3.74. The van der Waals surface area contributed by atoms with E-state index in [4.69, 9.17) is 9.72 Å². The molecule has 1 unspecified atom stereocenters. The Morgan fingerprint density at radius 3 is 2.37 bits per heavy atom. The van der Waals surface area contributed by atoms with Gasteiger partial charge in [0.05, 0.1) is 40.9 Å². The van der Waals surface area contributed by atoms with Gasteiger partial charge in [0.2, 0.25) is 17.8 Å². The number of hydrogen-bond acceptors (Lipinski definition) is 11. The minimum absolute atomic E-state index is 0. The Balaban J connectivity index is 0.00000595. The van der Waals surface area contributed by atoms with Crippen molar-refractivity contribution >= 4 is 52.2 Å². The van der Waals surface area contributed by atoms with E-state index in [1.54, 1.807) is 18.2 Å². The fourth-order valence-corrected chi connectivity index (χ4v) is 8.94. The van der Waals surface area contributed by atoms with E-state index in [1.807, 2.05) is 16.7 Å². The summed E-state index contributed by atoms with van der Waals surface area (Å²) in [6.45, 7) is 6.16. The lowest BCUT2D eigenvalue weighted by Crippen LogP contribution is -2.54. The number of halogens is 3. The van der Waals surface area contributed by atoms with Crippen LogP contribution in [0.3, 0.4) is 0 Å². The van der Waals surface area contributed by atoms with E-state index in [0.717, 1.165) is 86.5 Å². The Bertz CT molecular complexity index is 2350. The molecule has 63 heavy (non-hydrogen) atoms. The third-order valence-electron chi connectivity index (χ3n) is 12.3. The molecule has 5 amide bonds. The maximum Gasteiger partial charge on any atom is 0.416 e. The van der Waals surface area contributed by atoms with Crippen molar-refractivity contribution in [1.82, 2.24) is 29.6 Å². The maximum atomic E-state index is 13.4. The first-order valence-electron chi connectivity index (χ1n) is 21.1. The van der Waals surface area contributed by atoms with E-state index in [9.17, 15) is 42.3 Å². The quantitative estimate of drug-likeness (QED) is 0.0954. The molecule has 4 heterocycles. The Kier molecular flexibility index (Phi) is 13.9. The predicted octanol–water partition coefficient (Wildman–Crippen LogP) is 5.31. The van der Waals surface area contributed by atoms with Gasteiger partial charge in [0.15, 0.2) is 0 Å². The zero-order valence-corrected chi connectivity index (χ0v) is 34.1. The predicted molar refractivity (Wildman–Crippen MR) is 228 cm³/mol. The molecule has 4 aliphatic rings. The third kappa shape index (κ3) is 9.93. The van der Waals surface area contributed by atoms with Gasteiger partial charge in [-0.15, -0.1) is 0 Å². The molecule has 336 valence electrons. The van der Waals surface area contributed by atoms with E-state index in [1.165, 1.54) is 12.1 Å². The Morgan fingerprint density at radius 2 is 1.63 bits per heavy atom. The fraction of sp³-hybridized carbons (Fsp3) is 0.467. The minimum atomic E-state index is -4.58. The Hall–Kier alpha value is -5.69. The van der Waals surface area contributed by atoms with Gasteiger partial charge in [0, 0.05) is 76.1 Å². The minimum Gasteiger partial charge on any atom is -0.396 e. The van der Waals surface area contributed by atoms with Gasteiger partial charge >= 0.3 is 6.18 Å². The van der Waals surface area contributed by atoms with Crippen LogP contribution in [-0.2, 0) is 27.0 Å². The SMILES string of the molecule is C.O=C1CCC(N2C(=O)c3cccc(NCCOCCN4CCN(Cc5ccc6c(c5)nc(NC(=O)c5cccc(C(F)(F)F)c5)n6C5CCC(CO)CC5)CC4)c3C2=O)C(=O)N1. The molecule has 0 radical (unpaired) electrons. The molecule has 1 aliphatic carbocycles. The van der Waals surface area contributed by atoms with Gasteiger partial charge in [-0.3, -0.25) is 49.3 Å². The van der Waals surface area contributed by atoms with Crippen molar-refractivity contribution in [3.05, 3.63) is 88.5 Å². The second-order valence-corrected chi connectivity index (χ2v) is 16.4. The summed E-state index contributed by atoms with van der Waals surface area (Å²) in [5, 5.41) is 17.9. The molecule has 1 atom stereocenters. The highest BCUT2D eigenvalue weighted by Crippen LogP contribution is 2.38. The van der Waals surface area contributed by atoms with Crippen LogP contribution in [0.25, 0.3) is 11.0 Å². The largest absolute Gasteiger partial charge is 0.416 e. The molecule has 3 aromatic carbocycles. The molecule has 18 heteroatoms. The molecule has 0 spiro atoms. The summed E-state index contributed by atoms with van der Waals surface area (Å²) in [6.07, 6.45) is -1.28. The lowest BCUT2D eigenvalue weighted by molar-refractivity contribution is -0.138. The van der Waals surface area contributed by atoms with E-state index < -0.39 is 47.3 Å². The number of alkyl halides is 3. The number of benzene rings is 3. The third-order valence-corrected chi connectivity index (χ3v) is 12.3. The molecule has 2 saturated heterocycles. The van der Waals surface area contributed by atoms with Gasteiger partial charge in [-0.05, 0) is 86.1 Å². The average molecular weight is 875 g/mol. The fourth-order valence-electron chi connectivity index (χ4n) is 8.94. The second kappa shape index (κ2) is 19.4. The topological polar surface area (TPSA) is 178 Å². The van der Waals surface area contributed by atoms with Crippen molar-refractivity contribution in [3.63, 3.8) is 0 Å². The molecule has 1 saturated carbocycles. The molecular formula is C45H53F3N8O7. The highest BCUT2D eigenvalue weighted by molar-refractivity contribution is 6.25. The standard InChI is InChI=1S/C44H49F3N8O7.CH4/c45-44(46,47)30-4-1-3-29(24-30)39(58)51-43-49-34-23-28(9-12-35(34)54(43)31-10-7-27(26-56)8-11-31)25-53-18-16-52(17-19-53)20-22-62-21-15-48-33-6-2-5-32-38(33)42(61)55(41(32)60)36-13-14-37(57)50-40(36)59;/h1-6,9,12,23-24,27,31,36,48,56H,7-8,10-11,13-22,25-26H2,(H,49,51,58)(H,50,57,59);1H4. The lowest BCUT2D eigenvalue weighted by atomic mass is 9.86. The van der Waals surface area contributed by atoms with Crippen LogP contribution in [0.15, 0.2) is 60.7 Å². The molecule has 4 N–H and O–H groups in total. The molecule has 15 nitrogen and oxygen atoms in total. The summed E-state index contributed by atoms with van der Waals surface area (Å²) in [6, 6.07) is 14.3. The summed E-state index contributed by atoms with van der Waals surface area (Å²) in [5.74, 6) is -2.39. The zero-order chi connectivity index (χ0) is 43.5. The van der Waals surface area contributed by atoms with Crippen LogP contribution in [0, 0.1) is 5.92 Å². The first-order valence-corrected chi connectivity index (χ1v) is 21.1. The van der Waals surface area contributed by atoms with Crippen LogP contribution in [0.5, 0.6) is 0 Å². The first-order chi connectivity index (χ1) is 29.9. The van der Waals surface area contributed by atoms with Crippen LogP contribution >= 0.6 is 0 Å². The van der Waals surface area contributed by atoms with E-state index in [-0.39, 0.29) is 61.5 Å². The van der Waals surface area contributed by atoms with Crippen molar-refractivity contribution in [1.29, 1.82) is 0 Å².